The van der Waals surface area contributed by atoms with E-state index >= 15 is 0 Å². The highest BCUT2D eigenvalue weighted by Gasteiger charge is 2.30. The van der Waals surface area contributed by atoms with E-state index in [-0.39, 0.29) is 5.92 Å². The zero-order valence-corrected chi connectivity index (χ0v) is 19.2. The van der Waals surface area contributed by atoms with Gasteiger partial charge >= 0.3 is 0 Å². The summed E-state index contributed by atoms with van der Waals surface area (Å²) in [6.45, 7) is 5.02. The highest BCUT2D eigenvalue weighted by molar-refractivity contribution is 7.13. The molecule has 2 aromatic carbocycles. The molecule has 0 bridgehead atoms. The highest BCUT2D eigenvalue weighted by atomic mass is 32.1. The average Bonchev–Trinajstić information content (AvgIpc) is 3.32. The van der Waals surface area contributed by atoms with Gasteiger partial charge in [-0.15, -0.1) is 0 Å². The molecule has 2 aromatic heterocycles. The van der Waals surface area contributed by atoms with E-state index in [2.05, 4.69) is 54.5 Å². The molecule has 2 atom stereocenters. The van der Waals surface area contributed by atoms with E-state index in [1.807, 2.05) is 12.1 Å². The maximum Gasteiger partial charge on any atom is 0.139 e. The van der Waals surface area contributed by atoms with Gasteiger partial charge in [0, 0.05) is 48.6 Å². The molecule has 0 spiro atoms. The number of ether oxygens (including phenoxy) is 1. The standard InChI is InChI=1S/C25H27N5O2S/c31-24(23-20-5-1-2-6-22(20)33-28-23)17-4-3-9-30(15-17)25-19-8-7-18(14-21(19)26-16-27-25)29-10-12-32-13-11-29/h1-2,5-8,14,16-17,24,31H,3-4,9-13,15H2. The smallest absolute Gasteiger partial charge is 0.139 e. The molecule has 33 heavy (non-hydrogen) atoms. The Labute approximate surface area is 196 Å². The van der Waals surface area contributed by atoms with Crippen molar-refractivity contribution in [3.05, 3.63) is 54.5 Å². The lowest BCUT2D eigenvalue weighted by molar-refractivity contribution is 0.0963. The minimum absolute atomic E-state index is 0.113. The SMILES string of the molecule is OC(c1nsc2ccccc12)C1CCCN(c2ncnc3cc(N4CCOCC4)ccc23)C1. The second kappa shape index (κ2) is 8.85. The molecule has 2 aliphatic heterocycles. The van der Waals surface area contributed by atoms with Crippen LogP contribution in [-0.4, -0.2) is 58.8 Å². The first-order valence-corrected chi connectivity index (χ1v) is 12.4. The minimum atomic E-state index is -0.579. The van der Waals surface area contributed by atoms with Gasteiger partial charge in [0.1, 0.15) is 18.2 Å². The Morgan fingerprint density at radius 1 is 1.00 bits per heavy atom. The van der Waals surface area contributed by atoms with Crippen molar-refractivity contribution in [1.82, 2.24) is 14.3 Å². The van der Waals surface area contributed by atoms with Crippen molar-refractivity contribution in [1.29, 1.82) is 0 Å². The monoisotopic (exact) mass is 461 g/mol. The quantitative estimate of drug-likeness (QED) is 0.492. The predicted molar refractivity (Wildman–Crippen MR) is 132 cm³/mol. The first-order chi connectivity index (χ1) is 16.3. The van der Waals surface area contributed by atoms with Crippen molar-refractivity contribution in [3.63, 3.8) is 0 Å². The van der Waals surface area contributed by atoms with E-state index in [1.165, 1.54) is 17.2 Å². The molecule has 4 heterocycles. The Balaban J connectivity index is 1.27. The topological polar surface area (TPSA) is 74.6 Å². The van der Waals surface area contributed by atoms with Crippen LogP contribution in [0.5, 0.6) is 0 Å². The zero-order chi connectivity index (χ0) is 22.2. The lowest BCUT2D eigenvalue weighted by atomic mass is 9.89. The van der Waals surface area contributed by atoms with Crippen LogP contribution in [0.25, 0.3) is 21.0 Å². The van der Waals surface area contributed by atoms with Crippen LogP contribution in [-0.2, 0) is 4.74 Å². The van der Waals surface area contributed by atoms with Crippen LogP contribution in [0.3, 0.4) is 0 Å². The molecule has 0 aliphatic carbocycles. The van der Waals surface area contributed by atoms with Crippen molar-refractivity contribution < 1.29 is 9.84 Å². The van der Waals surface area contributed by atoms with Gasteiger partial charge < -0.3 is 19.6 Å². The molecule has 6 rings (SSSR count). The molecule has 1 N–H and O–H groups in total. The molecule has 170 valence electrons. The zero-order valence-electron chi connectivity index (χ0n) is 18.4. The molecular weight excluding hydrogens is 434 g/mol. The maximum atomic E-state index is 11.3. The normalized spacial score (nSPS) is 20.5. The van der Waals surface area contributed by atoms with Gasteiger partial charge in [-0.25, -0.2) is 9.97 Å². The second-order valence-corrected chi connectivity index (χ2v) is 9.66. The fourth-order valence-corrected chi connectivity index (χ4v) is 5.92. The van der Waals surface area contributed by atoms with Gasteiger partial charge in [-0.3, -0.25) is 0 Å². The molecule has 2 aliphatic rings. The Bertz CT molecular complexity index is 1270. The summed E-state index contributed by atoms with van der Waals surface area (Å²) in [5, 5.41) is 13.4. The number of fused-ring (bicyclic) bond motifs is 2. The summed E-state index contributed by atoms with van der Waals surface area (Å²) < 4.78 is 11.2. The van der Waals surface area contributed by atoms with Crippen molar-refractivity contribution in [2.75, 3.05) is 49.2 Å². The Morgan fingerprint density at radius 2 is 1.88 bits per heavy atom. The van der Waals surface area contributed by atoms with Gasteiger partial charge in [0.2, 0.25) is 0 Å². The summed E-state index contributed by atoms with van der Waals surface area (Å²) >= 11 is 1.46. The summed E-state index contributed by atoms with van der Waals surface area (Å²) in [4.78, 5) is 13.9. The molecule has 2 saturated heterocycles. The number of piperidine rings is 1. The van der Waals surface area contributed by atoms with Crippen molar-refractivity contribution >= 4 is 44.0 Å². The summed E-state index contributed by atoms with van der Waals surface area (Å²) in [6.07, 6.45) is 3.08. The Hall–Kier alpha value is -2.81. The first kappa shape index (κ1) is 20.8. The number of benzene rings is 2. The number of hydrogen-bond donors (Lipinski definition) is 1. The molecule has 2 unspecified atom stereocenters. The summed E-state index contributed by atoms with van der Waals surface area (Å²) in [7, 11) is 0. The van der Waals surface area contributed by atoms with Gasteiger partial charge in [0.15, 0.2) is 0 Å². The van der Waals surface area contributed by atoms with Crippen LogP contribution in [0, 0.1) is 5.92 Å². The van der Waals surface area contributed by atoms with E-state index in [9.17, 15) is 5.11 Å². The fourth-order valence-electron chi connectivity index (χ4n) is 5.10. The van der Waals surface area contributed by atoms with Gasteiger partial charge in [-0.05, 0) is 48.6 Å². The summed E-state index contributed by atoms with van der Waals surface area (Å²) in [5.74, 6) is 1.07. The highest BCUT2D eigenvalue weighted by Crippen LogP contribution is 2.37. The molecule has 2 fully saturated rings. The predicted octanol–water partition coefficient (Wildman–Crippen LogP) is 4.03. The van der Waals surface area contributed by atoms with Gasteiger partial charge in [0.25, 0.3) is 0 Å². The fraction of sp³-hybridized carbons (Fsp3) is 0.400. The van der Waals surface area contributed by atoms with Crippen LogP contribution < -0.4 is 9.80 Å². The van der Waals surface area contributed by atoms with Crippen LogP contribution in [0.1, 0.15) is 24.6 Å². The number of morpholine rings is 1. The minimum Gasteiger partial charge on any atom is -0.386 e. The van der Waals surface area contributed by atoms with E-state index in [0.717, 1.165) is 84.7 Å². The van der Waals surface area contributed by atoms with Gasteiger partial charge in [-0.1, -0.05) is 18.2 Å². The van der Waals surface area contributed by atoms with Crippen molar-refractivity contribution in [2.24, 2.45) is 5.92 Å². The second-order valence-electron chi connectivity index (χ2n) is 8.86. The molecule has 0 amide bonds. The van der Waals surface area contributed by atoms with E-state index in [0.29, 0.717) is 0 Å². The van der Waals surface area contributed by atoms with E-state index in [4.69, 9.17) is 4.74 Å². The molecule has 0 radical (unpaired) electrons. The van der Waals surface area contributed by atoms with Crippen LogP contribution in [0.4, 0.5) is 11.5 Å². The average molecular weight is 462 g/mol. The van der Waals surface area contributed by atoms with E-state index < -0.39 is 6.10 Å². The number of aliphatic hydroxyl groups excluding tert-OH is 1. The third kappa shape index (κ3) is 3.92. The number of rotatable bonds is 4. The van der Waals surface area contributed by atoms with Gasteiger partial charge in [0.05, 0.1) is 29.1 Å². The first-order valence-electron chi connectivity index (χ1n) is 11.6. The lowest BCUT2D eigenvalue weighted by Crippen LogP contribution is -2.38. The largest absolute Gasteiger partial charge is 0.386 e. The number of hydrogen-bond acceptors (Lipinski definition) is 8. The third-order valence-electron chi connectivity index (χ3n) is 6.86. The Morgan fingerprint density at radius 3 is 2.79 bits per heavy atom. The summed E-state index contributed by atoms with van der Waals surface area (Å²) in [5.41, 5.74) is 2.94. The van der Waals surface area contributed by atoms with Crippen LogP contribution in [0.15, 0.2) is 48.8 Å². The summed E-state index contributed by atoms with van der Waals surface area (Å²) in [6, 6.07) is 14.6. The molecule has 8 heteroatoms. The number of aromatic nitrogens is 3. The molecule has 0 saturated carbocycles. The number of nitrogens with zero attached hydrogens (tertiary/aromatic N) is 5. The number of anilines is 2. The molecule has 4 aromatic rings. The van der Waals surface area contributed by atoms with Crippen LogP contribution >= 0.6 is 11.5 Å². The Kier molecular flexibility index (Phi) is 5.57. The van der Waals surface area contributed by atoms with Gasteiger partial charge in [-0.2, -0.15) is 4.37 Å². The van der Waals surface area contributed by atoms with E-state index in [1.54, 1.807) is 6.33 Å². The lowest BCUT2D eigenvalue weighted by Gasteiger charge is -2.36. The van der Waals surface area contributed by atoms with Crippen molar-refractivity contribution in [2.45, 2.75) is 18.9 Å². The molecular formula is C25H27N5O2S. The maximum absolute atomic E-state index is 11.3. The number of aliphatic hydroxyl groups is 1. The third-order valence-corrected chi connectivity index (χ3v) is 7.71. The molecule has 7 nitrogen and oxygen atoms in total. The van der Waals surface area contributed by atoms with Crippen LogP contribution in [0.2, 0.25) is 0 Å². The van der Waals surface area contributed by atoms with Crippen molar-refractivity contribution in [3.8, 4) is 0 Å².